The molecule has 0 unspecified atom stereocenters. The van der Waals surface area contributed by atoms with Gasteiger partial charge < -0.3 is 9.47 Å². The molecule has 192 valence electrons. The van der Waals surface area contributed by atoms with E-state index < -0.39 is 15.9 Å². The van der Waals surface area contributed by atoms with Crippen molar-refractivity contribution in [2.45, 2.75) is 30.4 Å². The number of rotatable bonds is 12. The Morgan fingerprint density at radius 3 is 2.32 bits per heavy atom. The predicted molar refractivity (Wildman–Crippen MR) is 147 cm³/mol. The number of aryl methyl sites for hydroxylation is 2. The highest BCUT2D eigenvalue weighted by Crippen LogP contribution is 2.28. The van der Waals surface area contributed by atoms with E-state index in [9.17, 15) is 13.2 Å². The van der Waals surface area contributed by atoms with Crippen LogP contribution in [0.3, 0.4) is 0 Å². The molecule has 6 nitrogen and oxygen atoms in total. The Balaban J connectivity index is 1.32. The zero-order valence-corrected chi connectivity index (χ0v) is 22.2. The average Bonchev–Trinajstić information content (AvgIpc) is 3.44. The van der Waals surface area contributed by atoms with Gasteiger partial charge in [-0.25, -0.2) is 13.1 Å². The molecule has 1 aromatic heterocycles. The van der Waals surface area contributed by atoms with E-state index in [1.807, 2.05) is 79.7 Å². The molecule has 0 saturated heterocycles. The zero-order valence-electron chi connectivity index (χ0n) is 20.6. The molecule has 0 saturated carbocycles. The molecule has 1 amide bonds. The monoisotopic (exact) mass is 535 g/mol. The lowest BCUT2D eigenvalue weighted by Crippen LogP contribution is -2.30. The van der Waals surface area contributed by atoms with Gasteiger partial charge in [-0.3, -0.25) is 4.79 Å². The summed E-state index contributed by atoms with van der Waals surface area (Å²) in [7, 11) is -3.83. The van der Waals surface area contributed by atoms with Crippen molar-refractivity contribution in [1.82, 2.24) is 4.72 Å². The molecule has 0 aliphatic rings. The van der Waals surface area contributed by atoms with Gasteiger partial charge in [-0.05, 0) is 71.3 Å². The largest absolute Gasteiger partial charge is 0.493 e. The molecule has 0 fully saturated rings. The Morgan fingerprint density at radius 2 is 1.59 bits per heavy atom. The Bertz CT molecular complexity index is 1430. The van der Waals surface area contributed by atoms with Crippen molar-refractivity contribution < 1.29 is 22.7 Å². The fraction of sp³-hybridized carbons (Fsp3) is 0.207. The zero-order chi connectivity index (χ0) is 26.1. The standard InChI is InChI=1S/C29H29NO5S2/c1-22-8-4-11-25(20-22)34-17-7-18-35-26-12-5-10-24(21-26)27-13-3-2-9-23(27)15-16-28(31)30-37(32,33)29-14-6-19-36-29/h2-6,8-14,19-21H,7,15-18H2,1H3,(H,30,31). The summed E-state index contributed by atoms with van der Waals surface area (Å²) in [5.41, 5.74) is 4.06. The molecule has 3 aromatic carbocycles. The van der Waals surface area contributed by atoms with Crippen LogP contribution in [0.4, 0.5) is 0 Å². The molecule has 0 aliphatic carbocycles. The van der Waals surface area contributed by atoms with Gasteiger partial charge in [0.1, 0.15) is 15.7 Å². The Kier molecular flexibility index (Phi) is 8.98. The van der Waals surface area contributed by atoms with Crippen molar-refractivity contribution in [3.63, 3.8) is 0 Å². The third-order valence-electron chi connectivity index (χ3n) is 5.61. The number of sulfonamides is 1. The number of carbonyl (C=O) groups is 1. The number of thiophene rings is 1. The first-order valence-corrected chi connectivity index (χ1v) is 14.4. The SMILES string of the molecule is Cc1cccc(OCCCOc2cccc(-c3ccccc3CCC(=O)NS(=O)(=O)c3cccs3)c2)c1. The van der Waals surface area contributed by atoms with Crippen LogP contribution in [0.15, 0.2) is 94.5 Å². The quantitative estimate of drug-likeness (QED) is 0.225. The van der Waals surface area contributed by atoms with Crippen molar-refractivity contribution in [1.29, 1.82) is 0 Å². The summed E-state index contributed by atoms with van der Waals surface area (Å²) in [6.07, 6.45) is 1.21. The lowest BCUT2D eigenvalue weighted by molar-refractivity contribution is -0.119. The van der Waals surface area contributed by atoms with E-state index in [1.54, 1.807) is 11.4 Å². The number of hydrogen-bond acceptors (Lipinski definition) is 6. The molecule has 0 atom stereocenters. The fourth-order valence-corrected chi connectivity index (χ4v) is 5.84. The molecule has 1 heterocycles. The number of hydrogen-bond donors (Lipinski definition) is 1. The van der Waals surface area contributed by atoms with Crippen LogP contribution in [0.2, 0.25) is 0 Å². The number of ether oxygens (including phenoxy) is 2. The minimum atomic E-state index is -3.83. The van der Waals surface area contributed by atoms with Crippen LogP contribution < -0.4 is 14.2 Å². The maximum absolute atomic E-state index is 12.4. The molecule has 0 spiro atoms. The van der Waals surface area contributed by atoms with Gasteiger partial charge in [0, 0.05) is 12.8 Å². The van der Waals surface area contributed by atoms with E-state index in [0.717, 1.165) is 51.5 Å². The topological polar surface area (TPSA) is 81.7 Å². The highest BCUT2D eigenvalue weighted by atomic mass is 32.2. The van der Waals surface area contributed by atoms with E-state index >= 15 is 0 Å². The number of benzene rings is 3. The molecule has 0 bridgehead atoms. The predicted octanol–water partition coefficient (Wildman–Crippen LogP) is 6.01. The van der Waals surface area contributed by atoms with Gasteiger partial charge in [-0.2, -0.15) is 0 Å². The second-order valence-electron chi connectivity index (χ2n) is 8.51. The van der Waals surface area contributed by atoms with Gasteiger partial charge in [-0.1, -0.05) is 54.6 Å². The fourth-order valence-electron chi connectivity index (χ4n) is 3.83. The molecule has 37 heavy (non-hydrogen) atoms. The van der Waals surface area contributed by atoms with Gasteiger partial charge in [-0.15, -0.1) is 11.3 Å². The smallest absolute Gasteiger partial charge is 0.273 e. The van der Waals surface area contributed by atoms with Gasteiger partial charge in [0.05, 0.1) is 13.2 Å². The first-order chi connectivity index (χ1) is 17.9. The van der Waals surface area contributed by atoms with Crippen LogP contribution >= 0.6 is 11.3 Å². The van der Waals surface area contributed by atoms with Crippen LogP contribution in [0.1, 0.15) is 24.0 Å². The molecule has 4 aromatic rings. The van der Waals surface area contributed by atoms with Crippen molar-refractivity contribution in [2.75, 3.05) is 13.2 Å². The summed E-state index contributed by atoms with van der Waals surface area (Å²) in [5, 5.41) is 1.66. The van der Waals surface area contributed by atoms with E-state index in [0.29, 0.717) is 19.6 Å². The maximum Gasteiger partial charge on any atom is 0.273 e. The minimum Gasteiger partial charge on any atom is -0.493 e. The van der Waals surface area contributed by atoms with E-state index in [1.165, 1.54) is 6.07 Å². The number of nitrogens with one attached hydrogen (secondary N) is 1. The Labute approximate surface area is 221 Å². The van der Waals surface area contributed by atoms with Gasteiger partial charge in [0.15, 0.2) is 0 Å². The van der Waals surface area contributed by atoms with Crippen molar-refractivity contribution in [2.24, 2.45) is 0 Å². The summed E-state index contributed by atoms with van der Waals surface area (Å²) in [6, 6.07) is 26.7. The molecular weight excluding hydrogens is 506 g/mol. The second-order valence-corrected chi connectivity index (χ2v) is 11.4. The third kappa shape index (κ3) is 7.68. The second kappa shape index (κ2) is 12.6. The van der Waals surface area contributed by atoms with E-state index in [2.05, 4.69) is 4.72 Å². The highest BCUT2D eigenvalue weighted by molar-refractivity contribution is 7.92. The summed E-state index contributed by atoms with van der Waals surface area (Å²) < 4.78 is 38.6. The summed E-state index contributed by atoms with van der Waals surface area (Å²) in [6.45, 7) is 3.12. The molecule has 4 rings (SSSR count). The lowest BCUT2D eigenvalue weighted by Gasteiger charge is -2.12. The molecule has 8 heteroatoms. The van der Waals surface area contributed by atoms with Crippen LogP contribution in [-0.2, 0) is 21.2 Å². The number of amides is 1. The average molecular weight is 536 g/mol. The molecular formula is C29H29NO5S2. The first kappa shape index (κ1) is 26.4. The maximum atomic E-state index is 12.4. The van der Waals surface area contributed by atoms with Crippen molar-refractivity contribution in [3.05, 3.63) is 101 Å². The number of carbonyl (C=O) groups excluding carboxylic acids is 1. The summed E-state index contributed by atoms with van der Waals surface area (Å²) >= 11 is 1.07. The highest BCUT2D eigenvalue weighted by Gasteiger charge is 2.18. The van der Waals surface area contributed by atoms with Crippen LogP contribution in [0, 0.1) is 6.92 Å². The van der Waals surface area contributed by atoms with Crippen molar-refractivity contribution in [3.8, 4) is 22.6 Å². The van der Waals surface area contributed by atoms with Crippen LogP contribution in [-0.4, -0.2) is 27.5 Å². The summed E-state index contributed by atoms with van der Waals surface area (Å²) in [5.74, 6) is 1.08. The third-order valence-corrected chi connectivity index (χ3v) is 8.38. The van der Waals surface area contributed by atoms with E-state index in [-0.39, 0.29) is 10.6 Å². The van der Waals surface area contributed by atoms with Crippen LogP contribution in [0.5, 0.6) is 11.5 Å². The van der Waals surface area contributed by atoms with Gasteiger partial charge in [0.2, 0.25) is 5.91 Å². The Morgan fingerprint density at radius 1 is 0.865 bits per heavy atom. The Hall–Kier alpha value is -3.62. The first-order valence-electron chi connectivity index (χ1n) is 12.0. The normalized spacial score (nSPS) is 11.2. The van der Waals surface area contributed by atoms with E-state index in [4.69, 9.17) is 9.47 Å². The van der Waals surface area contributed by atoms with Gasteiger partial charge >= 0.3 is 0 Å². The summed E-state index contributed by atoms with van der Waals surface area (Å²) in [4.78, 5) is 12.4. The van der Waals surface area contributed by atoms with Crippen LogP contribution in [0.25, 0.3) is 11.1 Å². The van der Waals surface area contributed by atoms with Crippen molar-refractivity contribution >= 4 is 27.3 Å². The molecule has 0 radical (unpaired) electrons. The molecule has 0 aliphatic heterocycles. The lowest BCUT2D eigenvalue weighted by atomic mass is 9.96. The van der Waals surface area contributed by atoms with Gasteiger partial charge in [0.25, 0.3) is 10.0 Å². The minimum absolute atomic E-state index is 0.0543. The molecule has 1 N–H and O–H groups in total.